The lowest BCUT2D eigenvalue weighted by atomic mass is 10.2. The standard InChI is InChI=1S/C11H8BrFN2O/c1-7-4-8(13)2-3-9(7)16-11-5-10(12)14-6-15-11/h2-6H,1H3. The summed E-state index contributed by atoms with van der Waals surface area (Å²) in [5.41, 5.74) is 0.717. The molecule has 0 aliphatic rings. The van der Waals surface area contributed by atoms with Gasteiger partial charge in [-0.3, -0.25) is 0 Å². The normalized spacial score (nSPS) is 10.2. The SMILES string of the molecule is Cc1cc(F)ccc1Oc1cc(Br)ncn1. The van der Waals surface area contributed by atoms with Crippen LogP contribution in [0.2, 0.25) is 0 Å². The molecule has 0 unspecified atom stereocenters. The summed E-state index contributed by atoms with van der Waals surface area (Å²) in [5, 5.41) is 0. The van der Waals surface area contributed by atoms with Crippen LogP contribution < -0.4 is 4.74 Å². The zero-order valence-electron chi connectivity index (χ0n) is 8.45. The van der Waals surface area contributed by atoms with Gasteiger partial charge >= 0.3 is 0 Å². The summed E-state index contributed by atoms with van der Waals surface area (Å²) in [6.45, 7) is 1.77. The van der Waals surface area contributed by atoms with Crippen molar-refractivity contribution in [1.29, 1.82) is 0 Å². The first-order valence-electron chi connectivity index (χ1n) is 4.57. The number of hydrogen-bond acceptors (Lipinski definition) is 3. The molecule has 3 nitrogen and oxygen atoms in total. The first-order chi connectivity index (χ1) is 7.65. The Labute approximate surface area is 100 Å². The zero-order valence-corrected chi connectivity index (χ0v) is 10.0. The minimum absolute atomic E-state index is 0.284. The predicted molar refractivity (Wildman–Crippen MR) is 60.9 cm³/mol. The molecule has 1 aromatic carbocycles. The van der Waals surface area contributed by atoms with Gasteiger partial charge in [-0.15, -0.1) is 0 Å². The molecule has 82 valence electrons. The topological polar surface area (TPSA) is 35.0 Å². The molecule has 5 heteroatoms. The second kappa shape index (κ2) is 4.57. The van der Waals surface area contributed by atoms with Gasteiger partial charge in [0.2, 0.25) is 5.88 Å². The van der Waals surface area contributed by atoms with E-state index < -0.39 is 0 Å². The van der Waals surface area contributed by atoms with Gasteiger partial charge < -0.3 is 4.74 Å². The van der Waals surface area contributed by atoms with Crippen molar-refractivity contribution in [3.63, 3.8) is 0 Å². The van der Waals surface area contributed by atoms with Gasteiger partial charge in [0.25, 0.3) is 0 Å². The van der Waals surface area contributed by atoms with Crippen LogP contribution >= 0.6 is 15.9 Å². The van der Waals surface area contributed by atoms with Crippen LogP contribution in [0, 0.1) is 12.7 Å². The largest absolute Gasteiger partial charge is 0.439 e. The van der Waals surface area contributed by atoms with Gasteiger partial charge in [0, 0.05) is 6.07 Å². The van der Waals surface area contributed by atoms with E-state index in [9.17, 15) is 4.39 Å². The fraction of sp³-hybridized carbons (Fsp3) is 0.0909. The number of benzene rings is 1. The smallest absolute Gasteiger partial charge is 0.223 e. The molecule has 0 amide bonds. The highest BCUT2D eigenvalue weighted by Gasteiger charge is 2.04. The molecule has 2 rings (SSSR count). The summed E-state index contributed by atoms with van der Waals surface area (Å²) in [6, 6.07) is 5.97. The number of nitrogens with zero attached hydrogens (tertiary/aromatic N) is 2. The Morgan fingerprint density at radius 3 is 2.75 bits per heavy atom. The van der Waals surface area contributed by atoms with E-state index in [1.165, 1.54) is 18.5 Å². The third kappa shape index (κ3) is 2.55. The first kappa shape index (κ1) is 11.0. The molecule has 0 fully saturated rings. The molecule has 0 bridgehead atoms. The van der Waals surface area contributed by atoms with Crippen LogP contribution in [0.1, 0.15) is 5.56 Å². The minimum Gasteiger partial charge on any atom is -0.439 e. The van der Waals surface area contributed by atoms with Crippen LogP contribution in [0.25, 0.3) is 0 Å². The Hall–Kier alpha value is -1.49. The summed E-state index contributed by atoms with van der Waals surface area (Å²) in [4.78, 5) is 7.82. The van der Waals surface area contributed by atoms with Crippen LogP contribution in [-0.4, -0.2) is 9.97 Å². The Morgan fingerprint density at radius 2 is 2.06 bits per heavy atom. The molecular weight excluding hydrogens is 275 g/mol. The van der Waals surface area contributed by atoms with Crippen LogP contribution in [0.5, 0.6) is 11.6 Å². The van der Waals surface area contributed by atoms with Crippen LogP contribution in [0.15, 0.2) is 35.2 Å². The first-order valence-corrected chi connectivity index (χ1v) is 5.36. The number of ether oxygens (including phenoxy) is 1. The Morgan fingerprint density at radius 1 is 1.25 bits per heavy atom. The van der Waals surface area contributed by atoms with E-state index in [0.29, 0.717) is 16.2 Å². The minimum atomic E-state index is -0.284. The van der Waals surface area contributed by atoms with Gasteiger partial charge in [-0.2, -0.15) is 0 Å². The quantitative estimate of drug-likeness (QED) is 0.791. The average Bonchev–Trinajstić information content (AvgIpc) is 2.22. The maximum Gasteiger partial charge on any atom is 0.223 e. The molecule has 1 heterocycles. The molecule has 0 saturated heterocycles. The molecule has 0 radical (unpaired) electrons. The average molecular weight is 283 g/mol. The van der Waals surface area contributed by atoms with Gasteiger partial charge in [0.15, 0.2) is 0 Å². The summed E-state index contributed by atoms with van der Waals surface area (Å²) in [6.07, 6.45) is 1.39. The number of rotatable bonds is 2. The summed E-state index contributed by atoms with van der Waals surface area (Å²) < 4.78 is 19.0. The van der Waals surface area contributed by atoms with Crippen molar-refractivity contribution >= 4 is 15.9 Å². The Kier molecular flexibility index (Phi) is 3.14. The Balaban J connectivity index is 2.27. The summed E-state index contributed by atoms with van der Waals surface area (Å²) >= 11 is 3.21. The van der Waals surface area contributed by atoms with E-state index in [0.717, 1.165) is 5.56 Å². The van der Waals surface area contributed by atoms with Gasteiger partial charge in [-0.25, -0.2) is 14.4 Å². The summed E-state index contributed by atoms with van der Waals surface area (Å²) in [5.74, 6) is 0.706. The fourth-order valence-electron chi connectivity index (χ4n) is 1.21. The van der Waals surface area contributed by atoms with Gasteiger partial charge in [-0.1, -0.05) is 0 Å². The lowest BCUT2D eigenvalue weighted by molar-refractivity contribution is 0.455. The monoisotopic (exact) mass is 282 g/mol. The van der Waals surface area contributed by atoms with Crippen molar-refractivity contribution in [1.82, 2.24) is 9.97 Å². The maximum atomic E-state index is 12.9. The maximum absolute atomic E-state index is 12.9. The molecule has 0 aliphatic heterocycles. The molecule has 0 spiro atoms. The van der Waals surface area contributed by atoms with E-state index in [-0.39, 0.29) is 5.82 Å². The van der Waals surface area contributed by atoms with Gasteiger partial charge in [0.05, 0.1) is 0 Å². The number of aryl methyl sites for hydroxylation is 1. The number of hydrogen-bond donors (Lipinski definition) is 0. The van der Waals surface area contributed by atoms with E-state index in [1.807, 2.05) is 0 Å². The number of halogens is 2. The lowest BCUT2D eigenvalue weighted by Crippen LogP contribution is -1.91. The highest BCUT2D eigenvalue weighted by atomic mass is 79.9. The second-order valence-corrected chi connectivity index (χ2v) is 4.00. The van der Waals surface area contributed by atoms with Gasteiger partial charge in [0.1, 0.15) is 22.5 Å². The molecular formula is C11H8BrFN2O. The molecule has 0 atom stereocenters. The lowest BCUT2D eigenvalue weighted by Gasteiger charge is -2.07. The van der Waals surface area contributed by atoms with Crippen molar-refractivity contribution in [2.75, 3.05) is 0 Å². The molecule has 2 aromatic rings. The molecule has 1 aromatic heterocycles. The predicted octanol–water partition coefficient (Wildman–Crippen LogP) is 3.48. The van der Waals surface area contributed by atoms with Crippen LogP contribution in [0.4, 0.5) is 4.39 Å². The van der Waals surface area contributed by atoms with Crippen molar-refractivity contribution in [3.8, 4) is 11.6 Å². The van der Waals surface area contributed by atoms with Crippen molar-refractivity contribution < 1.29 is 9.13 Å². The molecule has 0 aliphatic carbocycles. The Bertz CT molecular complexity index is 519. The summed E-state index contributed by atoms with van der Waals surface area (Å²) in [7, 11) is 0. The fourth-order valence-corrected chi connectivity index (χ4v) is 1.50. The van der Waals surface area contributed by atoms with Crippen molar-refractivity contribution in [2.45, 2.75) is 6.92 Å². The van der Waals surface area contributed by atoms with Crippen molar-refractivity contribution in [2.24, 2.45) is 0 Å². The molecule has 16 heavy (non-hydrogen) atoms. The third-order valence-corrected chi connectivity index (χ3v) is 2.39. The highest BCUT2D eigenvalue weighted by molar-refractivity contribution is 9.10. The van der Waals surface area contributed by atoms with E-state index in [2.05, 4.69) is 25.9 Å². The second-order valence-electron chi connectivity index (χ2n) is 3.19. The highest BCUT2D eigenvalue weighted by Crippen LogP contribution is 2.24. The van der Waals surface area contributed by atoms with E-state index in [1.54, 1.807) is 19.1 Å². The van der Waals surface area contributed by atoms with E-state index >= 15 is 0 Å². The van der Waals surface area contributed by atoms with E-state index in [4.69, 9.17) is 4.74 Å². The third-order valence-electron chi connectivity index (χ3n) is 1.96. The van der Waals surface area contributed by atoms with Crippen molar-refractivity contribution in [3.05, 3.63) is 46.6 Å². The zero-order chi connectivity index (χ0) is 11.5. The molecule has 0 saturated carbocycles. The van der Waals surface area contributed by atoms with Gasteiger partial charge in [-0.05, 0) is 46.6 Å². The molecule has 0 N–H and O–H groups in total. The van der Waals surface area contributed by atoms with Crippen LogP contribution in [-0.2, 0) is 0 Å². The van der Waals surface area contributed by atoms with Crippen LogP contribution in [0.3, 0.4) is 0 Å². The number of aromatic nitrogens is 2.